The predicted molar refractivity (Wildman–Crippen MR) is 83.4 cm³/mol. The summed E-state index contributed by atoms with van der Waals surface area (Å²) in [6.45, 7) is 7.96. The van der Waals surface area contributed by atoms with E-state index in [0.29, 0.717) is 11.5 Å². The highest BCUT2D eigenvalue weighted by Crippen LogP contribution is 2.50. The molecule has 1 atom stereocenters. The van der Waals surface area contributed by atoms with Crippen LogP contribution in [-0.4, -0.2) is 6.54 Å². The van der Waals surface area contributed by atoms with E-state index < -0.39 is 0 Å². The van der Waals surface area contributed by atoms with Crippen LogP contribution in [0.15, 0.2) is 24.3 Å². The van der Waals surface area contributed by atoms with Gasteiger partial charge in [-0.25, -0.2) is 0 Å². The molecule has 0 aliphatic heterocycles. The summed E-state index contributed by atoms with van der Waals surface area (Å²) in [4.78, 5) is 0. The zero-order chi connectivity index (χ0) is 13.7. The maximum absolute atomic E-state index is 3.85. The minimum absolute atomic E-state index is 0.489. The molecule has 1 heteroatoms. The smallest absolute Gasteiger partial charge is 0.0377 e. The second-order valence-corrected chi connectivity index (χ2v) is 6.22. The molecule has 0 saturated heterocycles. The Labute approximate surface area is 118 Å². The molecular formula is C18H29N. The fourth-order valence-corrected chi connectivity index (χ4v) is 3.75. The van der Waals surface area contributed by atoms with Gasteiger partial charge in [0.05, 0.1) is 0 Å². The van der Waals surface area contributed by atoms with Crippen LogP contribution in [0.2, 0.25) is 0 Å². The van der Waals surface area contributed by atoms with Crippen LogP contribution in [0.25, 0.3) is 0 Å². The first kappa shape index (κ1) is 14.6. The topological polar surface area (TPSA) is 12.0 Å². The lowest BCUT2D eigenvalue weighted by Gasteiger charge is -2.38. The third kappa shape index (κ3) is 3.20. The Bertz CT molecular complexity index is 390. The lowest BCUT2D eigenvalue weighted by molar-refractivity contribution is 0.187. The SMILES string of the molecule is CCCNC(c1cccc(C)c1)C1(CC)CCCC1. The van der Waals surface area contributed by atoms with Gasteiger partial charge in [-0.05, 0) is 50.1 Å². The highest BCUT2D eigenvalue weighted by atomic mass is 14.9. The van der Waals surface area contributed by atoms with Crippen LogP contribution in [0, 0.1) is 12.3 Å². The molecule has 0 spiro atoms. The summed E-state index contributed by atoms with van der Waals surface area (Å²) < 4.78 is 0. The summed E-state index contributed by atoms with van der Waals surface area (Å²) in [5.41, 5.74) is 3.37. The molecule has 106 valence electrons. The van der Waals surface area contributed by atoms with Crippen molar-refractivity contribution in [3.8, 4) is 0 Å². The number of hydrogen-bond acceptors (Lipinski definition) is 1. The number of benzene rings is 1. The van der Waals surface area contributed by atoms with Crippen molar-refractivity contribution in [2.45, 2.75) is 65.3 Å². The molecule has 1 aromatic carbocycles. The van der Waals surface area contributed by atoms with E-state index in [1.165, 1.54) is 49.7 Å². The summed E-state index contributed by atoms with van der Waals surface area (Å²) in [6, 6.07) is 9.65. The van der Waals surface area contributed by atoms with Crippen LogP contribution >= 0.6 is 0 Å². The van der Waals surface area contributed by atoms with Crippen molar-refractivity contribution in [3.63, 3.8) is 0 Å². The van der Waals surface area contributed by atoms with E-state index in [1.807, 2.05) is 0 Å². The zero-order valence-electron chi connectivity index (χ0n) is 12.8. The first-order valence-electron chi connectivity index (χ1n) is 8.02. The fourth-order valence-electron chi connectivity index (χ4n) is 3.75. The molecule has 1 nitrogen and oxygen atoms in total. The predicted octanol–water partition coefficient (Wildman–Crippen LogP) is 5.01. The summed E-state index contributed by atoms with van der Waals surface area (Å²) >= 11 is 0. The molecular weight excluding hydrogens is 230 g/mol. The average Bonchev–Trinajstić information content (AvgIpc) is 2.89. The maximum atomic E-state index is 3.85. The average molecular weight is 259 g/mol. The minimum atomic E-state index is 0.489. The van der Waals surface area contributed by atoms with E-state index in [0.717, 1.165) is 6.54 Å². The van der Waals surface area contributed by atoms with E-state index in [9.17, 15) is 0 Å². The second kappa shape index (κ2) is 6.56. The quantitative estimate of drug-likeness (QED) is 0.757. The van der Waals surface area contributed by atoms with Gasteiger partial charge in [0, 0.05) is 6.04 Å². The van der Waals surface area contributed by atoms with Crippen molar-refractivity contribution in [1.29, 1.82) is 0 Å². The first-order valence-corrected chi connectivity index (χ1v) is 8.02. The maximum Gasteiger partial charge on any atom is 0.0377 e. The largest absolute Gasteiger partial charge is 0.309 e. The van der Waals surface area contributed by atoms with Gasteiger partial charge in [0.1, 0.15) is 0 Å². The molecule has 1 aliphatic carbocycles. The van der Waals surface area contributed by atoms with Gasteiger partial charge in [0.15, 0.2) is 0 Å². The molecule has 1 aliphatic rings. The Morgan fingerprint density at radius 2 is 1.95 bits per heavy atom. The molecule has 1 unspecified atom stereocenters. The molecule has 1 N–H and O–H groups in total. The fraction of sp³-hybridized carbons (Fsp3) is 0.667. The Balaban J connectivity index is 2.29. The number of nitrogens with one attached hydrogen (secondary N) is 1. The Kier molecular flexibility index (Phi) is 5.04. The van der Waals surface area contributed by atoms with E-state index in [-0.39, 0.29) is 0 Å². The van der Waals surface area contributed by atoms with E-state index in [4.69, 9.17) is 0 Å². The molecule has 19 heavy (non-hydrogen) atoms. The van der Waals surface area contributed by atoms with Gasteiger partial charge in [-0.3, -0.25) is 0 Å². The van der Waals surface area contributed by atoms with Crippen molar-refractivity contribution in [3.05, 3.63) is 35.4 Å². The summed E-state index contributed by atoms with van der Waals surface area (Å²) in [7, 11) is 0. The molecule has 1 aromatic rings. The molecule has 0 aromatic heterocycles. The third-order valence-electron chi connectivity index (χ3n) is 4.89. The Morgan fingerprint density at radius 3 is 2.53 bits per heavy atom. The summed E-state index contributed by atoms with van der Waals surface area (Å²) in [6.07, 6.45) is 8.09. The van der Waals surface area contributed by atoms with Crippen LogP contribution < -0.4 is 5.32 Å². The monoisotopic (exact) mass is 259 g/mol. The zero-order valence-corrected chi connectivity index (χ0v) is 12.8. The Hall–Kier alpha value is -0.820. The van der Waals surface area contributed by atoms with Gasteiger partial charge >= 0.3 is 0 Å². The van der Waals surface area contributed by atoms with Gasteiger partial charge < -0.3 is 5.32 Å². The first-order chi connectivity index (χ1) is 9.22. The van der Waals surface area contributed by atoms with Crippen LogP contribution in [0.5, 0.6) is 0 Å². The molecule has 0 bridgehead atoms. The molecule has 0 heterocycles. The lowest BCUT2D eigenvalue weighted by Crippen LogP contribution is -2.36. The van der Waals surface area contributed by atoms with Crippen LogP contribution in [0.1, 0.15) is 69.5 Å². The molecule has 2 rings (SSSR count). The highest BCUT2D eigenvalue weighted by Gasteiger charge is 2.40. The number of aryl methyl sites for hydroxylation is 1. The standard InChI is InChI=1S/C18H29N/c1-4-13-19-17(16-10-8-9-15(3)14-16)18(5-2)11-6-7-12-18/h8-10,14,17,19H,4-7,11-13H2,1-3H3. The van der Waals surface area contributed by atoms with Crippen LogP contribution in [0.3, 0.4) is 0 Å². The van der Waals surface area contributed by atoms with Gasteiger partial charge in [-0.2, -0.15) is 0 Å². The van der Waals surface area contributed by atoms with Crippen molar-refractivity contribution in [2.24, 2.45) is 5.41 Å². The van der Waals surface area contributed by atoms with Crippen molar-refractivity contribution < 1.29 is 0 Å². The molecule has 0 radical (unpaired) electrons. The van der Waals surface area contributed by atoms with Crippen molar-refractivity contribution in [2.75, 3.05) is 6.54 Å². The normalized spacial score (nSPS) is 19.5. The van der Waals surface area contributed by atoms with Gasteiger partial charge in [0.2, 0.25) is 0 Å². The van der Waals surface area contributed by atoms with Gasteiger partial charge in [-0.1, -0.05) is 56.5 Å². The van der Waals surface area contributed by atoms with Crippen LogP contribution in [0.4, 0.5) is 0 Å². The van der Waals surface area contributed by atoms with E-state index in [2.05, 4.69) is 50.4 Å². The molecule has 1 fully saturated rings. The van der Waals surface area contributed by atoms with Crippen molar-refractivity contribution in [1.82, 2.24) is 5.32 Å². The summed E-state index contributed by atoms with van der Waals surface area (Å²) in [5.74, 6) is 0. The Morgan fingerprint density at radius 1 is 1.21 bits per heavy atom. The van der Waals surface area contributed by atoms with Gasteiger partial charge in [0.25, 0.3) is 0 Å². The van der Waals surface area contributed by atoms with Gasteiger partial charge in [-0.15, -0.1) is 0 Å². The summed E-state index contributed by atoms with van der Waals surface area (Å²) in [5, 5.41) is 3.85. The minimum Gasteiger partial charge on any atom is -0.309 e. The lowest BCUT2D eigenvalue weighted by atomic mass is 9.73. The third-order valence-corrected chi connectivity index (χ3v) is 4.89. The number of rotatable bonds is 6. The molecule has 0 amide bonds. The highest BCUT2D eigenvalue weighted by molar-refractivity contribution is 5.27. The van der Waals surface area contributed by atoms with E-state index >= 15 is 0 Å². The van der Waals surface area contributed by atoms with Crippen LogP contribution in [-0.2, 0) is 0 Å². The van der Waals surface area contributed by atoms with Crippen molar-refractivity contribution >= 4 is 0 Å². The molecule has 1 saturated carbocycles. The number of hydrogen-bond donors (Lipinski definition) is 1. The van der Waals surface area contributed by atoms with E-state index in [1.54, 1.807) is 0 Å². The second-order valence-electron chi connectivity index (χ2n) is 6.22.